The Balaban J connectivity index is 1.71. The molecule has 2 heterocycles. The Morgan fingerprint density at radius 3 is 2.54 bits per heavy atom. The Kier molecular flexibility index (Phi) is 5.43. The molecule has 0 saturated carbocycles. The van der Waals surface area contributed by atoms with Crippen LogP contribution in [0.25, 0.3) is 0 Å². The van der Waals surface area contributed by atoms with Crippen LogP contribution >= 0.6 is 27.3 Å². The van der Waals surface area contributed by atoms with Crippen LogP contribution in [-0.4, -0.2) is 39.5 Å². The van der Waals surface area contributed by atoms with Gasteiger partial charge in [0.05, 0.1) is 0 Å². The molecular formula is C18H21BrN4O2S. The molecule has 6 nitrogen and oxygen atoms in total. The summed E-state index contributed by atoms with van der Waals surface area (Å²) in [4.78, 5) is 27.1. The summed E-state index contributed by atoms with van der Waals surface area (Å²) in [6.07, 6.45) is 1.46. The van der Waals surface area contributed by atoms with Crippen molar-refractivity contribution in [3.05, 3.63) is 39.3 Å². The third-order valence-electron chi connectivity index (χ3n) is 4.20. The smallest absolute Gasteiger partial charge is 0.254 e. The highest BCUT2D eigenvalue weighted by Gasteiger charge is 2.35. The Labute approximate surface area is 165 Å². The third kappa shape index (κ3) is 4.12. The van der Waals surface area contributed by atoms with Crippen LogP contribution in [0, 0.1) is 0 Å². The van der Waals surface area contributed by atoms with Gasteiger partial charge in [-0.1, -0.05) is 48.0 Å². The van der Waals surface area contributed by atoms with E-state index in [0.29, 0.717) is 23.7 Å². The van der Waals surface area contributed by atoms with Crippen molar-refractivity contribution in [2.45, 2.75) is 45.1 Å². The highest BCUT2D eigenvalue weighted by atomic mass is 79.9. The van der Waals surface area contributed by atoms with Crippen molar-refractivity contribution in [2.24, 2.45) is 0 Å². The van der Waals surface area contributed by atoms with Crippen molar-refractivity contribution < 1.29 is 9.59 Å². The number of likely N-dealkylation sites (tertiary alicyclic amines) is 1. The van der Waals surface area contributed by atoms with Crippen LogP contribution in [0.2, 0.25) is 0 Å². The lowest BCUT2D eigenvalue weighted by molar-refractivity contribution is -0.119. The maximum atomic E-state index is 12.8. The predicted molar refractivity (Wildman–Crippen MR) is 105 cm³/mol. The van der Waals surface area contributed by atoms with Crippen molar-refractivity contribution in [3.8, 4) is 0 Å². The van der Waals surface area contributed by atoms with Gasteiger partial charge in [0.2, 0.25) is 11.0 Å². The molecule has 1 unspecified atom stereocenters. The van der Waals surface area contributed by atoms with Gasteiger partial charge in [-0.25, -0.2) is 0 Å². The molecule has 1 N–H and O–H groups in total. The SMILES string of the molecule is CC(C)(C)c1nnc(NC(=O)C2CCCN2C(=O)c2ccc(Br)cc2)s1. The molecule has 138 valence electrons. The fourth-order valence-corrected chi connectivity index (χ4v) is 3.87. The Morgan fingerprint density at radius 2 is 1.92 bits per heavy atom. The number of amides is 2. The summed E-state index contributed by atoms with van der Waals surface area (Å²) in [7, 11) is 0. The molecule has 0 spiro atoms. The molecule has 1 aromatic heterocycles. The predicted octanol–water partition coefficient (Wildman–Crippen LogP) is 3.84. The number of rotatable bonds is 3. The number of carbonyl (C=O) groups excluding carboxylic acids is 2. The largest absolute Gasteiger partial charge is 0.327 e. The molecule has 1 aromatic carbocycles. The first kappa shape index (κ1) is 19.0. The highest BCUT2D eigenvalue weighted by molar-refractivity contribution is 9.10. The molecule has 0 radical (unpaired) electrons. The molecule has 1 saturated heterocycles. The van der Waals surface area contributed by atoms with Gasteiger partial charge in [0.1, 0.15) is 11.0 Å². The number of hydrogen-bond donors (Lipinski definition) is 1. The van der Waals surface area contributed by atoms with Gasteiger partial charge in [0.25, 0.3) is 5.91 Å². The van der Waals surface area contributed by atoms with Crippen molar-refractivity contribution in [2.75, 3.05) is 11.9 Å². The number of nitrogens with zero attached hydrogens (tertiary/aromatic N) is 3. The lowest BCUT2D eigenvalue weighted by atomic mass is 9.98. The molecule has 0 aliphatic carbocycles. The third-order valence-corrected chi connectivity index (χ3v) is 6.00. The maximum Gasteiger partial charge on any atom is 0.254 e. The number of hydrogen-bond acceptors (Lipinski definition) is 5. The quantitative estimate of drug-likeness (QED) is 0.792. The van der Waals surface area contributed by atoms with Crippen LogP contribution in [-0.2, 0) is 10.2 Å². The number of carbonyl (C=O) groups is 2. The van der Waals surface area contributed by atoms with Crippen LogP contribution in [0.15, 0.2) is 28.7 Å². The van der Waals surface area contributed by atoms with Crippen molar-refractivity contribution in [1.29, 1.82) is 0 Å². The van der Waals surface area contributed by atoms with E-state index < -0.39 is 6.04 Å². The second kappa shape index (κ2) is 7.44. The zero-order valence-electron chi connectivity index (χ0n) is 15.0. The van der Waals surface area contributed by atoms with Gasteiger partial charge in [0, 0.05) is 22.0 Å². The first-order chi connectivity index (χ1) is 12.3. The standard InChI is InChI=1S/C18H21BrN4O2S/c1-18(2,3)16-21-22-17(26-16)20-14(24)13-5-4-10-23(13)15(25)11-6-8-12(19)9-7-11/h6-9,13H,4-5,10H2,1-3H3,(H,20,22,24). The lowest BCUT2D eigenvalue weighted by Gasteiger charge is -2.23. The number of anilines is 1. The van der Waals surface area contributed by atoms with E-state index in [2.05, 4.69) is 52.2 Å². The van der Waals surface area contributed by atoms with Gasteiger partial charge in [-0.15, -0.1) is 10.2 Å². The van der Waals surface area contributed by atoms with Gasteiger partial charge in [-0.3, -0.25) is 14.9 Å². The van der Waals surface area contributed by atoms with Crippen LogP contribution in [0.3, 0.4) is 0 Å². The summed E-state index contributed by atoms with van der Waals surface area (Å²) in [5.41, 5.74) is 0.469. The molecule has 1 atom stereocenters. The first-order valence-corrected chi connectivity index (χ1v) is 10.1. The highest BCUT2D eigenvalue weighted by Crippen LogP contribution is 2.28. The number of nitrogens with one attached hydrogen (secondary N) is 1. The van der Waals surface area contributed by atoms with Crippen LogP contribution in [0.1, 0.15) is 49.0 Å². The Bertz CT molecular complexity index is 813. The summed E-state index contributed by atoms with van der Waals surface area (Å²) >= 11 is 4.74. The van der Waals surface area contributed by atoms with Gasteiger partial charge >= 0.3 is 0 Å². The summed E-state index contributed by atoms with van der Waals surface area (Å²) in [6.45, 7) is 6.73. The number of benzene rings is 1. The molecule has 1 fully saturated rings. The summed E-state index contributed by atoms with van der Waals surface area (Å²) in [5.74, 6) is -0.327. The molecule has 3 rings (SSSR count). The van der Waals surface area contributed by atoms with Crippen molar-refractivity contribution >= 4 is 44.2 Å². The maximum absolute atomic E-state index is 12.8. The first-order valence-electron chi connectivity index (χ1n) is 8.47. The molecule has 1 aliphatic rings. The number of halogens is 1. The fourth-order valence-electron chi connectivity index (χ4n) is 2.81. The number of aromatic nitrogens is 2. The average Bonchev–Trinajstić information content (AvgIpc) is 3.23. The summed E-state index contributed by atoms with van der Waals surface area (Å²) in [5, 5.41) is 12.4. The van der Waals surface area contributed by atoms with Gasteiger partial charge in [-0.2, -0.15) is 0 Å². The molecule has 2 aromatic rings. The minimum Gasteiger partial charge on any atom is -0.327 e. The van der Waals surface area contributed by atoms with Crippen molar-refractivity contribution in [3.63, 3.8) is 0 Å². The lowest BCUT2D eigenvalue weighted by Crippen LogP contribution is -2.43. The van der Waals surface area contributed by atoms with Gasteiger partial charge in [-0.05, 0) is 37.1 Å². The van der Waals surface area contributed by atoms with Crippen LogP contribution in [0.5, 0.6) is 0 Å². The van der Waals surface area contributed by atoms with E-state index in [1.807, 2.05) is 12.1 Å². The molecule has 8 heteroatoms. The summed E-state index contributed by atoms with van der Waals surface area (Å²) in [6, 6.07) is 6.70. The Hall–Kier alpha value is -1.80. The van der Waals surface area contributed by atoms with E-state index >= 15 is 0 Å². The second-order valence-electron chi connectivity index (χ2n) is 7.32. The average molecular weight is 437 g/mol. The monoisotopic (exact) mass is 436 g/mol. The van der Waals surface area contributed by atoms with Gasteiger partial charge < -0.3 is 4.90 Å². The van der Waals surface area contributed by atoms with E-state index in [4.69, 9.17) is 0 Å². The van der Waals surface area contributed by atoms with Crippen molar-refractivity contribution in [1.82, 2.24) is 15.1 Å². The molecule has 2 amide bonds. The van der Waals surface area contributed by atoms with Crippen LogP contribution < -0.4 is 5.32 Å². The van der Waals surface area contributed by atoms with E-state index in [1.54, 1.807) is 17.0 Å². The second-order valence-corrected chi connectivity index (χ2v) is 9.21. The molecule has 26 heavy (non-hydrogen) atoms. The fraction of sp³-hybridized carbons (Fsp3) is 0.444. The van der Waals surface area contributed by atoms with E-state index in [9.17, 15) is 9.59 Å². The van der Waals surface area contributed by atoms with E-state index in [-0.39, 0.29) is 17.2 Å². The zero-order valence-corrected chi connectivity index (χ0v) is 17.4. The topological polar surface area (TPSA) is 75.2 Å². The summed E-state index contributed by atoms with van der Waals surface area (Å²) < 4.78 is 0.913. The Morgan fingerprint density at radius 1 is 1.23 bits per heavy atom. The van der Waals surface area contributed by atoms with Gasteiger partial charge in [0.15, 0.2) is 0 Å². The molecule has 1 aliphatic heterocycles. The van der Waals surface area contributed by atoms with E-state index in [1.165, 1.54) is 11.3 Å². The van der Waals surface area contributed by atoms with Crippen LogP contribution in [0.4, 0.5) is 5.13 Å². The zero-order chi connectivity index (χ0) is 18.9. The normalized spacial score (nSPS) is 17.4. The van der Waals surface area contributed by atoms with E-state index in [0.717, 1.165) is 15.9 Å². The minimum atomic E-state index is -0.479. The molecular weight excluding hydrogens is 416 g/mol. The molecule has 0 bridgehead atoms. The minimum absolute atomic E-state index is 0.114.